The van der Waals surface area contributed by atoms with E-state index in [-0.39, 0.29) is 0 Å². The number of nitrogens with one attached hydrogen (secondary N) is 2. The minimum absolute atomic E-state index is 0.522. The van der Waals surface area contributed by atoms with E-state index in [1.165, 1.54) is 88.6 Å². The van der Waals surface area contributed by atoms with Gasteiger partial charge in [-0.2, -0.15) is 0 Å². The van der Waals surface area contributed by atoms with Crippen LogP contribution in [0, 0.1) is 5.92 Å². The smallest absolute Gasteiger partial charge is 0.351 e. The molecule has 11 nitrogen and oxygen atoms in total. The van der Waals surface area contributed by atoms with E-state index in [4.69, 9.17) is 39.6 Å². The third-order valence-corrected chi connectivity index (χ3v) is 6.93. The van der Waals surface area contributed by atoms with Gasteiger partial charge in [0.05, 0.1) is 12.5 Å². The summed E-state index contributed by atoms with van der Waals surface area (Å²) < 4.78 is 0. The maximum atomic E-state index is 12.5. The standard InChI is InChI=1S/C19H34N2O.2C2H2O4/c22-19(12-11-17-7-3-1-4-8-17)21-15-13-20(14-16-21)18-9-5-2-6-10-18;2*3-1(4)2(5)6/h17-18H,1-16H2;2*(H,3,4)(H,5,6). The summed E-state index contributed by atoms with van der Waals surface area (Å²) in [5.41, 5.74) is 0. The molecule has 3 fully saturated rings. The van der Waals surface area contributed by atoms with Crippen molar-refractivity contribution in [3.05, 3.63) is 0 Å². The molecule has 0 aromatic heterocycles. The first-order valence-corrected chi connectivity index (χ1v) is 12.2. The van der Waals surface area contributed by atoms with Gasteiger partial charge in [0.15, 0.2) is 11.9 Å². The summed E-state index contributed by atoms with van der Waals surface area (Å²) in [5.74, 6) is -6.64. The molecule has 194 valence electrons. The number of carbonyl (C=O) groups is 5. The largest absolute Gasteiger partial charge is 0.539 e. The van der Waals surface area contributed by atoms with Gasteiger partial charge in [-0.05, 0) is 38.0 Å². The van der Waals surface area contributed by atoms with Crippen molar-refractivity contribution >= 4 is 29.8 Å². The Morgan fingerprint density at radius 1 is 0.676 bits per heavy atom. The van der Waals surface area contributed by atoms with Crippen molar-refractivity contribution in [2.24, 2.45) is 5.92 Å². The Hall–Kier alpha value is -2.53. The van der Waals surface area contributed by atoms with Crippen molar-refractivity contribution in [2.45, 2.75) is 83.1 Å². The molecule has 0 atom stereocenters. The number of piperazine rings is 1. The highest BCUT2D eigenvalue weighted by Crippen LogP contribution is 2.26. The topological polar surface area (TPSA) is 181 Å². The van der Waals surface area contributed by atoms with Crippen LogP contribution in [0.15, 0.2) is 0 Å². The Labute approximate surface area is 199 Å². The van der Waals surface area contributed by atoms with E-state index < -0.39 is 23.9 Å². The highest BCUT2D eigenvalue weighted by Gasteiger charge is 2.33. The van der Waals surface area contributed by atoms with Crippen molar-refractivity contribution in [1.29, 1.82) is 0 Å². The van der Waals surface area contributed by atoms with Crippen LogP contribution in [0.5, 0.6) is 0 Å². The molecule has 2 saturated carbocycles. The Morgan fingerprint density at radius 2 is 1.09 bits per heavy atom. The number of aliphatic carboxylic acids is 4. The molecule has 1 saturated heterocycles. The summed E-state index contributed by atoms with van der Waals surface area (Å²) in [6.07, 6.45) is 16.2. The second-order valence-corrected chi connectivity index (χ2v) is 9.25. The van der Waals surface area contributed by atoms with Gasteiger partial charge < -0.3 is 34.9 Å². The van der Waals surface area contributed by atoms with Crippen molar-refractivity contribution in [2.75, 3.05) is 26.2 Å². The number of carboxylic acids is 4. The fraction of sp³-hybridized carbons (Fsp3) is 0.783. The van der Waals surface area contributed by atoms with Crippen LogP contribution in [0.2, 0.25) is 0 Å². The van der Waals surface area contributed by atoms with Crippen LogP contribution in [0.4, 0.5) is 0 Å². The number of carbonyl (C=O) groups excluding carboxylic acids is 3. The summed E-state index contributed by atoms with van der Waals surface area (Å²) in [4.78, 5) is 51.6. The number of carboxylic acid groups (broad SMARTS) is 4. The maximum Gasteiger partial charge on any atom is 0.351 e. The lowest BCUT2D eigenvalue weighted by molar-refractivity contribution is -0.997. The Kier molecular flexibility index (Phi) is 14.0. The van der Waals surface area contributed by atoms with Gasteiger partial charge >= 0.3 is 17.8 Å². The van der Waals surface area contributed by atoms with Gasteiger partial charge in [0.2, 0.25) is 0 Å². The van der Waals surface area contributed by atoms with Crippen LogP contribution < -0.4 is 20.0 Å². The summed E-state index contributed by atoms with van der Waals surface area (Å²) in [6, 6.07) is 0.910. The number of hydrogen-bond donors (Lipinski definition) is 4. The molecule has 1 amide bonds. The lowest BCUT2D eigenvalue weighted by atomic mass is 9.86. The zero-order chi connectivity index (χ0) is 25.5. The first-order chi connectivity index (χ1) is 16.1. The predicted octanol–water partition coefficient (Wildman–Crippen LogP) is -3.37. The van der Waals surface area contributed by atoms with E-state index >= 15 is 0 Å². The molecule has 0 unspecified atom stereocenters. The van der Waals surface area contributed by atoms with Gasteiger partial charge in [0.25, 0.3) is 0 Å². The number of quaternary nitrogens is 2. The SMILES string of the molecule is O=C(CCC1CCCCC1)[NH+]1CC[NH+](C2CCCCC2)CC1.O=C([O-])C(=O)O.O=C([O-])C(=O)O. The van der Waals surface area contributed by atoms with Crippen LogP contribution in [0.1, 0.15) is 77.0 Å². The molecule has 0 bridgehead atoms. The summed E-state index contributed by atoms with van der Waals surface area (Å²) in [5, 5.41) is 32.6. The molecule has 11 heteroatoms. The van der Waals surface area contributed by atoms with E-state index in [1.54, 1.807) is 0 Å². The highest BCUT2D eigenvalue weighted by atomic mass is 16.4. The van der Waals surface area contributed by atoms with E-state index in [0.717, 1.165) is 31.5 Å². The summed E-state index contributed by atoms with van der Waals surface area (Å²) >= 11 is 0. The van der Waals surface area contributed by atoms with Gasteiger partial charge in [0, 0.05) is 0 Å². The Morgan fingerprint density at radius 3 is 1.50 bits per heavy atom. The number of rotatable bonds is 4. The normalized spacial score (nSPS) is 23.3. The van der Waals surface area contributed by atoms with Crippen LogP contribution in [0.25, 0.3) is 0 Å². The first-order valence-electron chi connectivity index (χ1n) is 12.2. The molecular formula is C23H38N2O9. The lowest BCUT2D eigenvalue weighted by Gasteiger charge is -2.35. The van der Waals surface area contributed by atoms with Crippen molar-refractivity contribution in [3.8, 4) is 0 Å². The fourth-order valence-corrected chi connectivity index (χ4v) is 5.06. The fourth-order valence-electron chi connectivity index (χ4n) is 5.06. The quantitative estimate of drug-likeness (QED) is 0.295. The van der Waals surface area contributed by atoms with Gasteiger partial charge in [-0.15, -0.1) is 0 Å². The molecule has 4 N–H and O–H groups in total. The molecule has 1 aliphatic heterocycles. The highest BCUT2D eigenvalue weighted by molar-refractivity contribution is 6.26. The molecule has 0 aromatic rings. The van der Waals surface area contributed by atoms with E-state index in [0.29, 0.717) is 5.91 Å². The third kappa shape index (κ3) is 12.1. The number of amides is 1. The van der Waals surface area contributed by atoms with Crippen LogP contribution >= 0.6 is 0 Å². The zero-order valence-corrected chi connectivity index (χ0v) is 19.7. The molecule has 3 rings (SSSR count). The van der Waals surface area contributed by atoms with Gasteiger partial charge in [-0.1, -0.05) is 38.5 Å². The Balaban J connectivity index is 0.000000401. The molecule has 0 aromatic carbocycles. The third-order valence-electron chi connectivity index (χ3n) is 6.93. The minimum Gasteiger partial charge on any atom is -0.539 e. The molecular weight excluding hydrogens is 448 g/mol. The van der Waals surface area contributed by atoms with Crippen molar-refractivity contribution < 1.29 is 54.2 Å². The molecule has 0 spiro atoms. The predicted molar refractivity (Wildman–Crippen MR) is 114 cm³/mol. The van der Waals surface area contributed by atoms with E-state index in [1.807, 2.05) is 4.90 Å². The average molecular weight is 487 g/mol. The van der Waals surface area contributed by atoms with Crippen LogP contribution in [-0.4, -0.2) is 72.2 Å². The summed E-state index contributed by atoms with van der Waals surface area (Å²) in [6.45, 7) is 4.65. The Bertz CT molecular complexity index is 630. The van der Waals surface area contributed by atoms with Gasteiger partial charge in [-0.3, -0.25) is 4.90 Å². The zero-order valence-electron chi connectivity index (χ0n) is 19.7. The van der Waals surface area contributed by atoms with Gasteiger partial charge in [-0.25, -0.2) is 14.4 Å². The molecule has 2 aliphatic carbocycles. The maximum absolute atomic E-state index is 12.5. The molecule has 34 heavy (non-hydrogen) atoms. The van der Waals surface area contributed by atoms with Gasteiger partial charge in [0.1, 0.15) is 26.2 Å². The minimum atomic E-state index is -2.07. The van der Waals surface area contributed by atoms with Crippen molar-refractivity contribution in [1.82, 2.24) is 0 Å². The van der Waals surface area contributed by atoms with Crippen LogP contribution in [-0.2, 0) is 24.0 Å². The van der Waals surface area contributed by atoms with E-state index in [9.17, 15) is 4.79 Å². The molecule has 3 aliphatic rings. The van der Waals surface area contributed by atoms with Crippen molar-refractivity contribution in [3.63, 3.8) is 0 Å². The first kappa shape index (κ1) is 29.5. The molecule has 0 radical (unpaired) electrons. The monoisotopic (exact) mass is 486 g/mol. The molecule has 1 heterocycles. The summed E-state index contributed by atoms with van der Waals surface area (Å²) in [7, 11) is 0. The second kappa shape index (κ2) is 16.2. The second-order valence-electron chi connectivity index (χ2n) is 9.25. The van der Waals surface area contributed by atoms with E-state index in [2.05, 4.69) is 0 Å². The average Bonchev–Trinajstić information content (AvgIpc) is 2.84. The van der Waals surface area contributed by atoms with Crippen LogP contribution in [0.3, 0.4) is 0 Å². The number of hydrogen-bond acceptors (Lipinski definition) is 7. The lowest BCUT2D eigenvalue weighted by Crippen LogP contribution is -3.30.